The number of nitriles is 1. The Hall–Kier alpha value is -3.46. The Morgan fingerprint density at radius 1 is 1.08 bits per heavy atom. The highest BCUT2D eigenvalue weighted by molar-refractivity contribution is 5.63. The summed E-state index contributed by atoms with van der Waals surface area (Å²) in [6.45, 7) is 2.47. The Kier molecular flexibility index (Phi) is 4.63. The fourth-order valence-electron chi connectivity index (χ4n) is 2.21. The molecule has 2 aromatic heterocycles. The van der Waals surface area contributed by atoms with Gasteiger partial charge in [-0.2, -0.15) is 10.2 Å². The monoisotopic (exact) mass is 316 g/mol. The molecule has 0 aliphatic heterocycles. The maximum Gasteiger partial charge on any atom is 0.229 e. The van der Waals surface area contributed by atoms with E-state index < -0.39 is 0 Å². The summed E-state index contributed by atoms with van der Waals surface area (Å²) in [4.78, 5) is 13.1. The van der Waals surface area contributed by atoms with Crippen molar-refractivity contribution in [2.75, 3.05) is 10.6 Å². The fraction of sp³-hybridized carbons (Fsp3) is 0.111. The van der Waals surface area contributed by atoms with Crippen LogP contribution in [0.2, 0.25) is 0 Å². The number of hydrogen-bond acceptors (Lipinski definition) is 6. The van der Waals surface area contributed by atoms with Gasteiger partial charge in [0.05, 0.1) is 23.5 Å². The number of benzene rings is 1. The minimum absolute atomic E-state index is 0.446. The first kappa shape index (κ1) is 15.4. The maximum absolute atomic E-state index is 9.17. The van der Waals surface area contributed by atoms with Gasteiger partial charge in [0.1, 0.15) is 11.9 Å². The molecule has 6 nitrogen and oxygen atoms in total. The van der Waals surface area contributed by atoms with Gasteiger partial charge >= 0.3 is 0 Å². The zero-order valence-corrected chi connectivity index (χ0v) is 13.2. The van der Waals surface area contributed by atoms with E-state index in [1.165, 1.54) is 0 Å². The van der Waals surface area contributed by atoms with Gasteiger partial charge in [-0.25, -0.2) is 4.98 Å². The molecule has 0 radical (unpaired) electrons. The van der Waals surface area contributed by atoms with Crippen LogP contribution in [0.1, 0.15) is 17.0 Å². The van der Waals surface area contributed by atoms with Crippen LogP contribution < -0.4 is 10.6 Å². The highest BCUT2D eigenvalue weighted by atomic mass is 15.1. The Bertz CT molecular complexity index is 870. The fourth-order valence-corrected chi connectivity index (χ4v) is 2.21. The Balaban J connectivity index is 1.78. The predicted molar refractivity (Wildman–Crippen MR) is 92.8 cm³/mol. The summed E-state index contributed by atoms with van der Waals surface area (Å²) in [6.07, 6.45) is 1.76. The van der Waals surface area contributed by atoms with E-state index in [2.05, 4.69) is 31.7 Å². The highest BCUT2D eigenvalue weighted by Gasteiger charge is 2.06. The Morgan fingerprint density at radius 2 is 1.92 bits per heavy atom. The lowest BCUT2D eigenvalue weighted by molar-refractivity contribution is 1.01. The van der Waals surface area contributed by atoms with Gasteiger partial charge in [-0.3, -0.25) is 4.98 Å². The molecule has 0 atom stereocenters. The second-order valence-corrected chi connectivity index (χ2v) is 5.18. The normalized spacial score (nSPS) is 10.0. The number of pyridine rings is 1. The van der Waals surface area contributed by atoms with Crippen LogP contribution in [-0.2, 0) is 6.54 Å². The van der Waals surface area contributed by atoms with Crippen molar-refractivity contribution in [2.45, 2.75) is 13.5 Å². The molecule has 24 heavy (non-hydrogen) atoms. The van der Waals surface area contributed by atoms with E-state index in [0.29, 0.717) is 29.6 Å². The number of anilines is 3. The molecule has 0 aliphatic rings. The number of hydrogen-bond donors (Lipinski definition) is 2. The second kappa shape index (κ2) is 7.20. The van der Waals surface area contributed by atoms with Gasteiger partial charge in [0.2, 0.25) is 5.95 Å². The Morgan fingerprint density at radius 3 is 2.71 bits per heavy atom. The van der Waals surface area contributed by atoms with Gasteiger partial charge in [0.15, 0.2) is 0 Å². The van der Waals surface area contributed by atoms with Crippen molar-refractivity contribution in [3.8, 4) is 6.07 Å². The van der Waals surface area contributed by atoms with Crippen LogP contribution in [0, 0.1) is 18.3 Å². The van der Waals surface area contributed by atoms with E-state index in [9.17, 15) is 0 Å². The third kappa shape index (κ3) is 3.84. The summed E-state index contributed by atoms with van der Waals surface area (Å²) in [6, 6.07) is 17.0. The van der Waals surface area contributed by atoms with Crippen molar-refractivity contribution in [3.63, 3.8) is 0 Å². The third-order valence-electron chi connectivity index (χ3n) is 3.32. The average molecular weight is 316 g/mol. The van der Waals surface area contributed by atoms with E-state index in [1.807, 2.05) is 49.4 Å². The van der Waals surface area contributed by atoms with Gasteiger partial charge in [0, 0.05) is 18.0 Å². The van der Waals surface area contributed by atoms with Crippen molar-refractivity contribution in [1.29, 1.82) is 5.26 Å². The summed E-state index contributed by atoms with van der Waals surface area (Å²) in [5.74, 6) is 1.14. The number of rotatable bonds is 5. The van der Waals surface area contributed by atoms with Crippen molar-refractivity contribution in [3.05, 3.63) is 71.7 Å². The second-order valence-electron chi connectivity index (χ2n) is 5.18. The summed E-state index contributed by atoms with van der Waals surface area (Å²) in [5.41, 5.74) is 2.98. The zero-order chi connectivity index (χ0) is 16.8. The molecule has 6 heteroatoms. The molecule has 2 heterocycles. The van der Waals surface area contributed by atoms with Crippen LogP contribution in [0.5, 0.6) is 0 Å². The van der Waals surface area contributed by atoms with E-state index in [1.54, 1.807) is 12.3 Å². The van der Waals surface area contributed by atoms with Crippen LogP contribution in [-0.4, -0.2) is 15.0 Å². The number of aromatic nitrogens is 3. The number of para-hydroxylation sites is 1. The molecule has 2 N–H and O–H groups in total. The van der Waals surface area contributed by atoms with Crippen LogP contribution in [0.25, 0.3) is 0 Å². The standard InChI is InChI=1S/C18H16N6/c1-13-10-17(21-12-15-7-4-5-9-20-15)24-18(22-13)23-16-8-3-2-6-14(16)11-19/h2-10H,12H2,1H3,(H2,21,22,23,24). The van der Waals surface area contributed by atoms with E-state index in [4.69, 9.17) is 5.26 Å². The van der Waals surface area contributed by atoms with Gasteiger partial charge in [-0.15, -0.1) is 0 Å². The van der Waals surface area contributed by atoms with Crippen LogP contribution >= 0.6 is 0 Å². The molecule has 0 amide bonds. The highest BCUT2D eigenvalue weighted by Crippen LogP contribution is 2.19. The first-order valence-corrected chi connectivity index (χ1v) is 7.50. The summed E-state index contributed by atoms with van der Waals surface area (Å²) < 4.78 is 0. The summed E-state index contributed by atoms with van der Waals surface area (Å²) in [7, 11) is 0. The lowest BCUT2D eigenvalue weighted by atomic mass is 10.2. The van der Waals surface area contributed by atoms with Crippen molar-refractivity contribution in [1.82, 2.24) is 15.0 Å². The van der Waals surface area contributed by atoms with Crippen LogP contribution in [0.3, 0.4) is 0 Å². The largest absolute Gasteiger partial charge is 0.364 e. The van der Waals surface area contributed by atoms with E-state index in [0.717, 1.165) is 11.4 Å². The molecule has 0 fully saturated rings. The smallest absolute Gasteiger partial charge is 0.229 e. The molecule has 3 rings (SSSR count). The van der Waals surface area contributed by atoms with Crippen LogP contribution in [0.15, 0.2) is 54.7 Å². The zero-order valence-electron chi connectivity index (χ0n) is 13.2. The number of nitrogens with zero attached hydrogens (tertiary/aromatic N) is 4. The maximum atomic E-state index is 9.17. The SMILES string of the molecule is Cc1cc(NCc2ccccn2)nc(Nc2ccccc2C#N)n1. The minimum atomic E-state index is 0.446. The first-order valence-electron chi connectivity index (χ1n) is 7.50. The van der Waals surface area contributed by atoms with Crippen molar-refractivity contribution < 1.29 is 0 Å². The first-order chi connectivity index (χ1) is 11.7. The molecule has 118 valence electrons. The lowest BCUT2D eigenvalue weighted by Crippen LogP contribution is -2.06. The molecule has 0 bridgehead atoms. The van der Waals surface area contributed by atoms with Gasteiger partial charge in [-0.05, 0) is 31.2 Å². The van der Waals surface area contributed by atoms with E-state index in [-0.39, 0.29) is 0 Å². The predicted octanol–water partition coefficient (Wildman–Crippen LogP) is 3.41. The average Bonchev–Trinajstić information content (AvgIpc) is 2.61. The summed E-state index contributed by atoms with van der Waals surface area (Å²) in [5, 5.41) is 15.5. The van der Waals surface area contributed by atoms with Crippen LogP contribution in [0.4, 0.5) is 17.5 Å². The number of nitrogens with one attached hydrogen (secondary N) is 2. The van der Waals surface area contributed by atoms with Gasteiger partial charge < -0.3 is 10.6 Å². The minimum Gasteiger partial charge on any atom is -0.364 e. The van der Waals surface area contributed by atoms with Gasteiger partial charge in [0.25, 0.3) is 0 Å². The molecule has 0 aliphatic carbocycles. The molecule has 3 aromatic rings. The molecule has 1 aromatic carbocycles. The quantitative estimate of drug-likeness (QED) is 0.750. The molecule has 0 spiro atoms. The van der Waals surface area contributed by atoms with Crippen molar-refractivity contribution >= 4 is 17.5 Å². The molecule has 0 unspecified atom stereocenters. The van der Waals surface area contributed by atoms with Gasteiger partial charge in [-0.1, -0.05) is 18.2 Å². The van der Waals surface area contributed by atoms with Crippen molar-refractivity contribution in [2.24, 2.45) is 0 Å². The lowest BCUT2D eigenvalue weighted by Gasteiger charge is -2.10. The summed E-state index contributed by atoms with van der Waals surface area (Å²) >= 11 is 0. The third-order valence-corrected chi connectivity index (χ3v) is 3.32. The molecular weight excluding hydrogens is 300 g/mol. The molecular formula is C18H16N6. The molecule has 0 saturated heterocycles. The number of aryl methyl sites for hydroxylation is 1. The topological polar surface area (TPSA) is 86.5 Å². The Labute approximate surface area is 140 Å². The van der Waals surface area contributed by atoms with E-state index >= 15 is 0 Å². The molecule has 0 saturated carbocycles.